The van der Waals surface area contributed by atoms with Crippen LogP contribution in [0.1, 0.15) is 5.56 Å². The third kappa shape index (κ3) is 3.39. The molecule has 86 valence electrons. The van der Waals surface area contributed by atoms with Crippen molar-refractivity contribution in [2.45, 2.75) is 11.3 Å². The minimum absolute atomic E-state index is 0.127. The van der Waals surface area contributed by atoms with E-state index in [0.29, 0.717) is 13.0 Å². The van der Waals surface area contributed by atoms with Gasteiger partial charge >= 0.3 is 0 Å². The molecule has 5 nitrogen and oxygen atoms in total. The molecule has 0 fully saturated rings. The van der Waals surface area contributed by atoms with E-state index in [2.05, 4.69) is 17.3 Å². The van der Waals surface area contributed by atoms with Crippen LogP contribution in [0.15, 0.2) is 34.3 Å². The van der Waals surface area contributed by atoms with Gasteiger partial charge < -0.3 is 5.73 Å². The second kappa shape index (κ2) is 5.72. The molecule has 0 saturated carbocycles. The molecule has 1 aromatic carbocycles. The lowest BCUT2D eigenvalue weighted by Crippen LogP contribution is -2.17. The Labute approximate surface area is 99.4 Å². The number of benzene rings is 1. The zero-order valence-electron chi connectivity index (χ0n) is 8.38. The van der Waals surface area contributed by atoms with Gasteiger partial charge in [0.05, 0.1) is 10.1 Å². The fourth-order valence-corrected chi connectivity index (χ4v) is 2.00. The average molecular weight is 257 g/mol. The molecule has 0 aromatic heterocycles. The first-order chi connectivity index (χ1) is 7.60. The number of hydrazone groups is 1. The van der Waals surface area contributed by atoms with Crippen LogP contribution in [0.4, 0.5) is 0 Å². The van der Waals surface area contributed by atoms with Gasteiger partial charge in [-0.05, 0) is 42.9 Å². The summed E-state index contributed by atoms with van der Waals surface area (Å²) in [4.78, 5) is 2.06. The van der Waals surface area contributed by atoms with Crippen molar-refractivity contribution in [1.29, 1.82) is 0 Å². The van der Waals surface area contributed by atoms with E-state index in [9.17, 15) is 8.42 Å². The van der Waals surface area contributed by atoms with E-state index in [-0.39, 0.29) is 4.90 Å². The molecule has 0 heterocycles. The molecule has 0 aliphatic rings. The molecule has 1 rings (SSSR count). The Morgan fingerprint density at radius 2 is 2.00 bits per heavy atom. The van der Waals surface area contributed by atoms with Crippen molar-refractivity contribution >= 4 is 27.4 Å². The van der Waals surface area contributed by atoms with Gasteiger partial charge in [0.15, 0.2) is 0 Å². The topological polar surface area (TPSA) is 84.5 Å². The van der Waals surface area contributed by atoms with Crippen molar-refractivity contribution in [3.05, 3.63) is 29.8 Å². The number of hydrogen-bond acceptors (Lipinski definition) is 5. The van der Waals surface area contributed by atoms with Crippen LogP contribution in [0.3, 0.4) is 0 Å². The van der Waals surface area contributed by atoms with E-state index in [1.54, 1.807) is 12.1 Å². The highest BCUT2D eigenvalue weighted by Crippen LogP contribution is 2.10. The number of isothiocyanates is 1. The first-order valence-electron chi connectivity index (χ1n) is 4.48. The molecule has 0 bridgehead atoms. The van der Waals surface area contributed by atoms with Gasteiger partial charge in [0, 0.05) is 0 Å². The third-order valence-electron chi connectivity index (χ3n) is 1.88. The molecule has 0 unspecified atom stereocenters. The Kier molecular flexibility index (Phi) is 4.57. The second-order valence-corrected chi connectivity index (χ2v) is 4.82. The van der Waals surface area contributed by atoms with E-state index in [0.717, 1.165) is 5.56 Å². The van der Waals surface area contributed by atoms with Gasteiger partial charge in [-0.15, -0.1) is 5.10 Å². The number of sulfonamides is 1. The zero-order chi connectivity index (χ0) is 12.0. The zero-order valence-corrected chi connectivity index (χ0v) is 10.0. The standard InChI is InChI=1S/C9H11N3O2S2/c10-6-5-8-1-3-9(4-2-8)16(13,14)12-11-7-15/h1-4,12H,5-6,10H2. The SMILES string of the molecule is NCCc1ccc(S(=O)(=O)NN=C=S)cc1. The first kappa shape index (κ1) is 12.8. The maximum atomic E-state index is 11.5. The minimum atomic E-state index is -3.63. The molecule has 16 heavy (non-hydrogen) atoms. The molecule has 0 radical (unpaired) electrons. The fraction of sp³-hybridized carbons (Fsp3) is 0.222. The van der Waals surface area contributed by atoms with Crippen molar-refractivity contribution in [3.8, 4) is 0 Å². The predicted octanol–water partition coefficient (Wildman–Crippen LogP) is 0.484. The van der Waals surface area contributed by atoms with Crippen molar-refractivity contribution in [1.82, 2.24) is 4.83 Å². The van der Waals surface area contributed by atoms with Gasteiger partial charge in [-0.2, -0.15) is 13.2 Å². The number of hydrogen-bond donors (Lipinski definition) is 2. The smallest absolute Gasteiger partial charge is 0.277 e. The quantitative estimate of drug-likeness (QED) is 0.456. The number of thiocarbonyl (C=S) groups is 1. The van der Waals surface area contributed by atoms with Crippen LogP contribution in [0.5, 0.6) is 0 Å². The van der Waals surface area contributed by atoms with Crippen LogP contribution >= 0.6 is 12.2 Å². The minimum Gasteiger partial charge on any atom is -0.330 e. The van der Waals surface area contributed by atoms with Gasteiger partial charge in [-0.1, -0.05) is 12.1 Å². The molecule has 0 saturated heterocycles. The molecule has 0 spiro atoms. The summed E-state index contributed by atoms with van der Waals surface area (Å²) in [6, 6.07) is 6.41. The Morgan fingerprint density at radius 3 is 2.50 bits per heavy atom. The van der Waals surface area contributed by atoms with Crippen LogP contribution in [-0.2, 0) is 16.4 Å². The number of nitrogens with zero attached hydrogens (tertiary/aromatic N) is 1. The summed E-state index contributed by atoms with van der Waals surface area (Å²) in [5, 5.41) is 5.11. The maximum Gasteiger partial charge on any atom is 0.277 e. The summed E-state index contributed by atoms with van der Waals surface area (Å²) in [7, 11) is -3.63. The largest absolute Gasteiger partial charge is 0.330 e. The van der Waals surface area contributed by atoms with Crippen molar-refractivity contribution in [2.24, 2.45) is 10.8 Å². The molecular weight excluding hydrogens is 246 g/mol. The predicted molar refractivity (Wildman–Crippen MR) is 64.5 cm³/mol. The van der Waals surface area contributed by atoms with E-state index in [1.165, 1.54) is 12.1 Å². The van der Waals surface area contributed by atoms with Crippen molar-refractivity contribution in [3.63, 3.8) is 0 Å². The van der Waals surface area contributed by atoms with Crippen molar-refractivity contribution in [2.75, 3.05) is 6.54 Å². The Hall–Kier alpha value is -1.27. The third-order valence-corrected chi connectivity index (χ3v) is 3.19. The van der Waals surface area contributed by atoms with Crippen LogP contribution in [0.25, 0.3) is 0 Å². The highest BCUT2D eigenvalue weighted by atomic mass is 32.2. The molecule has 7 heteroatoms. The lowest BCUT2D eigenvalue weighted by Gasteiger charge is -2.03. The summed E-state index contributed by atoms with van der Waals surface area (Å²) in [5.74, 6) is 0. The summed E-state index contributed by atoms with van der Waals surface area (Å²) in [5.41, 5.74) is 6.37. The van der Waals surface area contributed by atoms with Crippen molar-refractivity contribution < 1.29 is 8.42 Å². The van der Waals surface area contributed by atoms with Crippen LogP contribution < -0.4 is 10.6 Å². The maximum absolute atomic E-state index is 11.5. The lowest BCUT2D eigenvalue weighted by atomic mass is 10.2. The monoisotopic (exact) mass is 257 g/mol. The van der Waals surface area contributed by atoms with E-state index in [4.69, 9.17) is 5.73 Å². The number of nitrogens with one attached hydrogen (secondary N) is 1. The highest BCUT2D eigenvalue weighted by molar-refractivity contribution is 7.89. The molecule has 1 aromatic rings. The van der Waals surface area contributed by atoms with Gasteiger partial charge in [0.1, 0.15) is 0 Å². The first-order valence-corrected chi connectivity index (χ1v) is 6.37. The highest BCUT2D eigenvalue weighted by Gasteiger charge is 2.11. The van der Waals surface area contributed by atoms with E-state index >= 15 is 0 Å². The Balaban J connectivity index is 2.92. The summed E-state index contributed by atoms with van der Waals surface area (Å²) >= 11 is 4.27. The Morgan fingerprint density at radius 1 is 1.38 bits per heavy atom. The number of rotatable bonds is 5. The normalized spacial score (nSPS) is 10.6. The van der Waals surface area contributed by atoms with Crippen LogP contribution in [0, 0.1) is 0 Å². The average Bonchev–Trinajstić information content (AvgIpc) is 2.28. The summed E-state index contributed by atoms with van der Waals surface area (Å²) in [6.45, 7) is 0.527. The second-order valence-electron chi connectivity index (χ2n) is 2.98. The van der Waals surface area contributed by atoms with Crippen LogP contribution in [-0.4, -0.2) is 20.1 Å². The van der Waals surface area contributed by atoms with E-state index < -0.39 is 10.0 Å². The van der Waals surface area contributed by atoms with Gasteiger partial charge in [0.25, 0.3) is 10.0 Å². The summed E-state index contributed by atoms with van der Waals surface area (Å²) in [6.07, 6.45) is 0.714. The van der Waals surface area contributed by atoms with Gasteiger partial charge in [0.2, 0.25) is 0 Å². The van der Waals surface area contributed by atoms with Gasteiger partial charge in [-0.25, -0.2) is 0 Å². The molecule has 0 aliphatic carbocycles. The molecular formula is C9H11N3O2S2. The fourth-order valence-electron chi connectivity index (χ4n) is 1.13. The molecule has 0 atom stereocenters. The summed E-state index contributed by atoms with van der Waals surface area (Å²) < 4.78 is 23.1. The van der Waals surface area contributed by atoms with Gasteiger partial charge in [-0.3, -0.25) is 0 Å². The number of nitrogens with two attached hydrogens (primary N) is 1. The molecule has 3 N–H and O–H groups in total. The molecule has 0 amide bonds. The van der Waals surface area contributed by atoms with E-state index in [1.807, 2.05) is 9.99 Å². The Bertz CT molecular complexity index is 490. The van der Waals surface area contributed by atoms with Crippen LogP contribution in [0.2, 0.25) is 0 Å². The molecule has 0 aliphatic heterocycles. The lowest BCUT2D eigenvalue weighted by molar-refractivity contribution is 0.585.